The topological polar surface area (TPSA) is 95.5 Å². The molecule has 2 aromatic rings. The third kappa shape index (κ3) is 5.13. The van der Waals surface area contributed by atoms with Crippen molar-refractivity contribution in [2.75, 3.05) is 11.9 Å². The summed E-state index contributed by atoms with van der Waals surface area (Å²) < 4.78 is 12.9. The molecule has 0 aliphatic rings. The lowest BCUT2D eigenvalue weighted by Gasteiger charge is -2.12. The van der Waals surface area contributed by atoms with Gasteiger partial charge in [0.05, 0.1) is 5.92 Å². The lowest BCUT2D eigenvalue weighted by Crippen LogP contribution is -2.32. The highest BCUT2D eigenvalue weighted by molar-refractivity contribution is 6.04. The van der Waals surface area contributed by atoms with Crippen molar-refractivity contribution in [1.29, 1.82) is 0 Å². The van der Waals surface area contributed by atoms with Crippen molar-refractivity contribution < 1.29 is 23.9 Å². The number of hydrogen-bond donors (Lipinski definition) is 3. The average molecular weight is 344 g/mol. The molecule has 25 heavy (non-hydrogen) atoms. The Labute approximate surface area is 143 Å². The van der Waals surface area contributed by atoms with Gasteiger partial charge in [-0.1, -0.05) is 12.1 Å². The number of amides is 2. The number of anilines is 1. The van der Waals surface area contributed by atoms with Crippen molar-refractivity contribution in [2.24, 2.45) is 0 Å². The number of carboxylic acids is 1. The molecule has 0 saturated heterocycles. The number of aliphatic carboxylic acids is 1. The molecule has 3 N–H and O–H groups in total. The molecule has 0 spiro atoms. The molecule has 1 atom stereocenters. The van der Waals surface area contributed by atoms with Crippen LogP contribution in [0.4, 0.5) is 10.1 Å². The minimum absolute atomic E-state index is 0.326. The highest BCUT2D eigenvalue weighted by Crippen LogP contribution is 2.19. The molecule has 6 nitrogen and oxygen atoms in total. The van der Waals surface area contributed by atoms with E-state index in [0.717, 1.165) is 0 Å². The summed E-state index contributed by atoms with van der Waals surface area (Å²) in [6, 6.07) is 11.8. The van der Waals surface area contributed by atoms with Gasteiger partial charge in [0.1, 0.15) is 12.4 Å². The fraction of sp³-hybridized carbons (Fsp3) is 0.167. The summed E-state index contributed by atoms with van der Waals surface area (Å²) in [5.74, 6) is -2.83. The Kier molecular flexibility index (Phi) is 5.84. The lowest BCUT2D eigenvalue weighted by atomic mass is 10.00. The Balaban J connectivity index is 1.99. The summed E-state index contributed by atoms with van der Waals surface area (Å²) in [6.45, 7) is 1.22. The summed E-state index contributed by atoms with van der Waals surface area (Å²) in [7, 11) is 0. The zero-order valence-electron chi connectivity index (χ0n) is 13.5. The summed E-state index contributed by atoms with van der Waals surface area (Å²) in [6.07, 6.45) is 0. The van der Waals surface area contributed by atoms with E-state index < -0.39 is 30.2 Å². The van der Waals surface area contributed by atoms with Crippen LogP contribution < -0.4 is 10.6 Å². The zero-order valence-corrected chi connectivity index (χ0v) is 13.5. The number of carboxylic acid groups (broad SMARTS) is 1. The normalized spacial score (nSPS) is 11.4. The van der Waals surface area contributed by atoms with E-state index in [-0.39, 0.29) is 5.91 Å². The Morgan fingerprint density at radius 2 is 1.64 bits per heavy atom. The summed E-state index contributed by atoms with van der Waals surface area (Å²) in [5, 5.41) is 13.6. The van der Waals surface area contributed by atoms with E-state index in [0.29, 0.717) is 16.8 Å². The van der Waals surface area contributed by atoms with E-state index in [2.05, 4.69) is 10.6 Å². The third-order valence-corrected chi connectivity index (χ3v) is 3.58. The maximum absolute atomic E-state index is 12.9. The number of halogens is 1. The van der Waals surface area contributed by atoms with Crippen LogP contribution in [0.1, 0.15) is 28.8 Å². The maximum Gasteiger partial charge on any atom is 0.322 e. The van der Waals surface area contributed by atoms with E-state index in [9.17, 15) is 18.8 Å². The molecule has 2 aromatic carbocycles. The van der Waals surface area contributed by atoms with E-state index in [1.165, 1.54) is 24.3 Å². The Morgan fingerprint density at radius 1 is 1.04 bits per heavy atom. The van der Waals surface area contributed by atoms with Gasteiger partial charge >= 0.3 is 5.97 Å². The molecule has 0 radical (unpaired) electrons. The SMILES string of the molecule is CC(C(=O)NCC(=O)O)c1ccc(NC(=O)c2ccc(F)cc2)cc1. The number of nitrogens with one attached hydrogen (secondary N) is 2. The third-order valence-electron chi connectivity index (χ3n) is 3.58. The van der Waals surface area contributed by atoms with Crippen molar-refractivity contribution in [3.63, 3.8) is 0 Å². The van der Waals surface area contributed by atoms with Crippen LogP contribution in [0.25, 0.3) is 0 Å². The predicted molar refractivity (Wildman–Crippen MR) is 89.9 cm³/mol. The van der Waals surface area contributed by atoms with Crippen LogP contribution >= 0.6 is 0 Å². The van der Waals surface area contributed by atoms with Crippen LogP contribution in [0.15, 0.2) is 48.5 Å². The quantitative estimate of drug-likeness (QED) is 0.750. The minimum Gasteiger partial charge on any atom is -0.480 e. The van der Waals surface area contributed by atoms with Crippen LogP contribution in [-0.2, 0) is 9.59 Å². The molecule has 0 bridgehead atoms. The average Bonchev–Trinajstić information content (AvgIpc) is 2.60. The van der Waals surface area contributed by atoms with Crippen molar-refractivity contribution in [1.82, 2.24) is 5.32 Å². The Hall–Kier alpha value is -3.22. The molecule has 0 heterocycles. The zero-order chi connectivity index (χ0) is 18.4. The first kappa shape index (κ1) is 18.1. The molecule has 0 fully saturated rings. The van der Waals surface area contributed by atoms with E-state index in [4.69, 9.17) is 5.11 Å². The van der Waals surface area contributed by atoms with Crippen molar-refractivity contribution in [3.05, 3.63) is 65.5 Å². The van der Waals surface area contributed by atoms with Gasteiger partial charge in [-0.05, 0) is 48.9 Å². The van der Waals surface area contributed by atoms with Crippen LogP contribution in [0, 0.1) is 5.82 Å². The highest BCUT2D eigenvalue weighted by atomic mass is 19.1. The predicted octanol–water partition coefficient (Wildman–Crippen LogP) is 2.38. The van der Waals surface area contributed by atoms with Gasteiger partial charge in [0.25, 0.3) is 5.91 Å². The number of benzene rings is 2. The molecular weight excluding hydrogens is 327 g/mol. The molecule has 7 heteroatoms. The number of carbonyl (C=O) groups is 3. The van der Waals surface area contributed by atoms with Gasteiger partial charge in [0.2, 0.25) is 5.91 Å². The van der Waals surface area contributed by atoms with Crippen molar-refractivity contribution in [2.45, 2.75) is 12.8 Å². The molecule has 130 valence electrons. The molecule has 2 rings (SSSR count). The molecule has 0 saturated carbocycles. The van der Waals surface area contributed by atoms with Gasteiger partial charge in [-0.15, -0.1) is 0 Å². The number of hydrogen-bond acceptors (Lipinski definition) is 3. The van der Waals surface area contributed by atoms with Crippen LogP contribution in [0.5, 0.6) is 0 Å². The van der Waals surface area contributed by atoms with Crippen LogP contribution in [-0.4, -0.2) is 29.4 Å². The molecule has 1 unspecified atom stereocenters. The molecular formula is C18H17FN2O4. The minimum atomic E-state index is -1.11. The highest BCUT2D eigenvalue weighted by Gasteiger charge is 2.16. The number of rotatable bonds is 6. The van der Waals surface area contributed by atoms with Crippen LogP contribution in [0.2, 0.25) is 0 Å². The second-order valence-electron chi connectivity index (χ2n) is 5.42. The van der Waals surface area contributed by atoms with Gasteiger partial charge in [-0.3, -0.25) is 14.4 Å². The standard InChI is InChI=1S/C18H17FN2O4/c1-11(17(24)20-10-16(22)23)12-4-8-15(9-5-12)21-18(25)13-2-6-14(19)7-3-13/h2-9,11H,10H2,1H3,(H,20,24)(H,21,25)(H,22,23). The Bertz CT molecular complexity index is 773. The molecule has 0 aromatic heterocycles. The first-order valence-electron chi connectivity index (χ1n) is 7.53. The first-order chi connectivity index (χ1) is 11.9. The van der Waals surface area contributed by atoms with Crippen LogP contribution in [0.3, 0.4) is 0 Å². The molecule has 0 aliphatic carbocycles. The van der Waals surface area contributed by atoms with Gasteiger partial charge in [0, 0.05) is 11.3 Å². The van der Waals surface area contributed by atoms with E-state index in [1.807, 2.05) is 0 Å². The smallest absolute Gasteiger partial charge is 0.322 e. The molecule has 0 aliphatic heterocycles. The fourth-order valence-corrected chi connectivity index (χ4v) is 2.13. The maximum atomic E-state index is 12.9. The van der Waals surface area contributed by atoms with Crippen molar-refractivity contribution in [3.8, 4) is 0 Å². The number of carbonyl (C=O) groups excluding carboxylic acids is 2. The first-order valence-corrected chi connectivity index (χ1v) is 7.53. The Morgan fingerprint density at radius 3 is 2.20 bits per heavy atom. The summed E-state index contributed by atoms with van der Waals surface area (Å²) in [4.78, 5) is 34.4. The lowest BCUT2D eigenvalue weighted by molar-refractivity contribution is -0.138. The second-order valence-corrected chi connectivity index (χ2v) is 5.42. The largest absolute Gasteiger partial charge is 0.480 e. The van der Waals surface area contributed by atoms with Gasteiger partial charge < -0.3 is 15.7 Å². The fourth-order valence-electron chi connectivity index (χ4n) is 2.13. The summed E-state index contributed by atoms with van der Waals surface area (Å²) in [5.41, 5.74) is 1.53. The summed E-state index contributed by atoms with van der Waals surface area (Å²) >= 11 is 0. The van der Waals surface area contributed by atoms with Gasteiger partial charge in [0.15, 0.2) is 0 Å². The van der Waals surface area contributed by atoms with Gasteiger partial charge in [-0.25, -0.2) is 4.39 Å². The monoisotopic (exact) mass is 344 g/mol. The van der Waals surface area contributed by atoms with E-state index in [1.54, 1.807) is 31.2 Å². The van der Waals surface area contributed by atoms with Crippen molar-refractivity contribution >= 4 is 23.5 Å². The van der Waals surface area contributed by atoms with Gasteiger partial charge in [-0.2, -0.15) is 0 Å². The second kappa shape index (κ2) is 8.05. The van der Waals surface area contributed by atoms with E-state index >= 15 is 0 Å². The molecule has 2 amide bonds.